The van der Waals surface area contributed by atoms with E-state index in [4.69, 9.17) is 4.74 Å². The minimum Gasteiger partial charge on any atom is -0.444 e. The number of nitrogens with one attached hydrogen (secondary N) is 1. The van der Waals surface area contributed by atoms with E-state index in [1.165, 1.54) is 0 Å². The van der Waals surface area contributed by atoms with Crippen molar-refractivity contribution in [1.82, 2.24) is 20.0 Å². The normalized spacial score (nSPS) is 17.2. The van der Waals surface area contributed by atoms with Crippen molar-refractivity contribution in [3.8, 4) is 0 Å². The van der Waals surface area contributed by atoms with Crippen LogP contribution >= 0.6 is 22.6 Å². The van der Waals surface area contributed by atoms with Gasteiger partial charge in [0.25, 0.3) is 0 Å². The van der Waals surface area contributed by atoms with Gasteiger partial charge in [0.2, 0.25) is 5.91 Å². The Morgan fingerprint density at radius 1 is 1.40 bits per heavy atom. The summed E-state index contributed by atoms with van der Waals surface area (Å²) in [6, 6.07) is -0.292. The van der Waals surface area contributed by atoms with Crippen molar-refractivity contribution in [3.05, 3.63) is 16.0 Å². The highest BCUT2D eigenvalue weighted by atomic mass is 127. The summed E-state index contributed by atoms with van der Waals surface area (Å²) in [5, 5.41) is 7.05. The van der Waals surface area contributed by atoms with Crippen molar-refractivity contribution in [3.63, 3.8) is 0 Å². The van der Waals surface area contributed by atoms with E-state index in [2.05, 4.69) is 33.0 Å². The van der Waals surface area contributed by atoms with E-state index in [1.54, 1.807) is 10.9 Å². The van der Waals surface area contributed by atoms with Gasteiger partial charge in [-0.05, 0) is 69.0 Å². The predicted octanol–water partition coefficient (Wildman–Crippen LogP) is 2.81. The van der Waals surface area contributed by atoms with E-state index in [-0.39, 0.29) is 18.0 Å². The molecule has 1 N–H and O–H groups in total. The zero-order valence-corrected chi connectivity index (χ0v) is 17.4. The van der Waals surface area contributed by atoms with Crippen LogP contribution in [0.5, 0.6) is 0 Å². The van der Waals surface area contributed by atoms with Crippen LogP contribution < -0.4 is 5.32 Å². The molecule has 2 heterocycles. The van der Waals surface area contributed by atoms with E-state index in [9.17, 15) is 9.59 Å². The molecule has 0 radical (unpaired) electrons. The Morgan fingerprint density at radius 2 is 2.04 bits per heavy atom. The summed E-state index contributed by atoms with van der Waals surface area (Å²) in [6.45, 7) is 9.42. The lowest BCUT2D eigenvalue weighted by Gasteiger charge is -2.33. The van der Waals surface area contributed by atoms with Crippen LogP contribution in [0.4, 0.5) is 4.79 Å². The van der Waals surface area contributed by atoms with E-state index in [1.807, 2.05) is 38.8 Å². The minimum atomic E-state index is -0.486. The van der Waals surface area contributed by atoms with Crippen molar-refractivity contribution in [2.75, 3.05) is 19.6 Å². The molecule has 25 heavy (non-hydrogen) atoms. The second kappa shape index (κ2) is 8.37. The van der Waals surface area contributed by atoms with Gasteiger partial charge in [0, 0.05) is 25.8 Å². The summed E-state index contributed by atoms with van der Waals surface area (Å²) in [4.78, 5) is 26.2. The molecule has 1 fully saturated rings. The van der Waals surface area contributed by atoms with Crippen molar-refractivity contribution in [2.45, 2.75) is 52.2 Å². The third-order valence-corrected chi connectivity index (χ3v) is 4.74. The Hall–Kier alpha value is -1.32. The first-order valence-electron chi connectivity index (χ1n) is 8.61. The van der Waals surface area contributed by atoms with Crippen molar-refractivity contribution < 1.29 is 14.3 Å². The number of alkyl carbamates (subject to hydrolysis) is 1. The van der Waals surface area contributed by atoms with Crippen LogP contribution in [0.1, 0.15) is 46.6 Å². The summed E-state index contributed by atoms with van der Waals surface area (Å²) in [5.41, 5.74) is -0.486. The monoisotopic (exact) mass is 462 g/mol. The van der Waals surface area contributed by atoms with Crippen LogP contribution in [0, 0.1) is 9.49 Å². The van der Waals surface area contributed by atoms with E-state index in [0.717, 1.165) is 16.4 Å². The number of aromatic nitrogens is 2. The number of rotatable bonds is 4. The summed E-state index contributed by atoms with van der Waals surface area (Å²) < 4.78 is 7.97. The van der Waals surface area contributed by atoms with Crippen LogP contribution in [0.25, 0.3) is 0 Å². The van der Waals surface area contributed by atoms with Crippen molar-refractivity contribution in [2.24, 2.45) is 5.92 Å². The van der Waals surface area contributed by atoms with Crippen molar-refractivity contribution in [1.29, 1.82) is 0 Å². The molecule has 0 aromatic carbocycles. The predicted molar refractivity (Wildman–Crippen MR) is 103 cm³/mol. The van der Waals surface area contributed by atoms with Crippen LogP contribution in [0.3, 0.4) is 0 Å². The quantitative estimate of drug-likeness (QED) is 0.699. The minimum absolute atomic E-state index is 0.0954. The number of carbonyl (C=O) groups is 2. The Morgan fingerprint density at radius 3 is 2.56 bits per heavy atom. The van der Waals surface area contributed by atoms with Gasteiger partial charge in [-0.25, -0.2) is 4.79 Å². The molecular formula is C17H27IN4O3. The van der Waals surface area contributed by atoms with Gasteiger partial charge in [-0.3, -0.25) is 9.48 Å². The molecular weight excluding hydrogens is 435 g/mol. The molecule has 1 atom stereocenters. The van der Waals surface area contributed by atoms with E-state index < -0.39 is 5.60 Å². The highest BCUT2D eigenvalue weighted by molar-refractivity contribution is 14.1. The summed E-state index contributed by atoms with van der Waals surface area (Å²) in [6.07, 6.45) is 5.00. The molecule has 8 heteroatoms. The molecule has 1 saturated heterocycles. The second-order valence-corrected chi connectivity index (χ2v) is 8.71. The maximum Gasteiger partial charge on any atom is 0.407 e. The first-order valence-corrected chi connectivity index (χ1v) is 9.69. The molecule has 2 rings (SSSR count). The number of hydrogen-bond acceptors (Lipinski definition) is 4. The molecule has 0 bridgehead atoms. The fraction of sp³-hybridized carbons (Fsp3) is 0.706. The molecule has 140 valence electrons. The zero-order chi connectivity index (χ0) is 18.6. The number of carbonyl (C=O) groups excluding carboxylic acids is 2. The lowest BCUT2D eigenvalue weighted by molar-refractivity contribution is -0.136. The molecule has 0 aliphatic carbocycles. The summed E-state index contributed by atoms with van der Waals surface area (Å²) in [7, 11) is 0. The molecule has 2 amide bonds. The third kappa shape index (κ3) is 6.16. The lowest BCUT2D eigenvalue weighted by atomic mass is 9.96. The first-order chi connectivity index (χ1) is 11.7. The first kappa shape index (κ1) is 20.0. The molecule has 1 aliphatic rings. The number of halogens is 1. The van der Waals surface area contributed by atoms with Gasteiger partial charge in [-0.15, -0.1) is 0 Å². The van der Waals surface area contributed by atoms with Crippen LogP contribution in [0.2, 0.25) is 0 Å². The highest BCUT2D eigenvalue weighted by Gasteiger charge is 2.27. The van der Waals surface area contributed by atoms with Crippen LogP contribution in [0.15, 0.2) is 12.4 Å². The highest BCUT2D eigenvalue weighted by Crippen LogP contribution is 2.20. The molecule has 7 nitrogen and oxygen atoms in total. The van der Waals surface area contributed by atoms with Gasteiger partial charge < -0.3 is 15.0 Å². The third-order valence-electron chi connectivity index (χ3n) is 4.18. The lowest BCUT2D eigenvalue weighted by Crippen LogP contribution is -2.44. The standard InChI is InChI=1S/C17H27IN4O3/c1-12(22-11-14(18)10-20-22)15(23)21-7-5-13(6-8-21)9-19-16(24)25-17(2,3)4/h10-13H,5-9H2,1-4H3,(H,19,24). The molecule has 0 spiro atoms. The molecule has 0 saturated carbocycles. The van der Waals surface area contributed by atoms with Crippen LogP contribution in [-0.4, -0.2) is 51.9 Å². The number of piperidine rings is 1. The maximum atomic E-state index is 12.6. The van der Waals surface area contributed by atoms with Gasteiger partial charge in [-0.1, -0.05) is 0 Å². The largest absolute Gasteiger partial charge is 0.444 e. The Labute approximate surface area is 162 Å². The van der Waals surface area contributed by atoms with Gasteiger partial charge in [0.05, 0.1) is 9.77 Å². The summed E-state index contributed by atoms with van der Waals surface area (Å²) >= 11 is 2.18. The maximum absolute atomic E-state index is 12.6. The molecule has 1 aromatic heterocycles. The number of hydrogen-bond donors (Lipinski definition) is 1. The SMILES string of the molecule is CC(C(=O)N1CCC(CNC(=O)OC(C)(C)C)CC1)n1cc(I)cn1. The van der Waals surface area contributed by atoms with Crippen molar-refractivity contribution >= 4 is 34.6 Å². The number of ether oxygens (including phenoxy) is 1. The average molecular weight is 462 g/mol. The van der Waals surface area contributed by atoms with Gasteiger partial charge in [0.1, 0.15) is 11.6 Å². The molecule has 1 unspecified atom stereocenters. The summed E-state index contributed by atoms with van der Waals surface area (Å²) in [5.74, 6) is 0.468. The van der Waals surface area contributed by atoms with Gasteiger partial charge in [0.15, 0.2) is 0 Å². The van der Waals surface area contributed by atoms with Gasteiger partial charge in [-0.2, -0.15) is 5.10 Å². The Balaban J connectivity index is 1.75. The zero-order valence-electron chi connectivity index (χ0n) is 15.3. The molecule has 1 aromatic rings. The van der Waals surface area contributed by atoms with Gasteiger partial charge >= 0.3 is 6.09 Å². The van der Waals surface area contributed by atoms with Crippen LogP contribution in [-0.2, 0) is 9.53 Å². The number of nitrogens with zero attached hydrogens (tertiary/aromatic N) is 3. The van der Waals surface area contributed by atoms with E-state index >= 15 is 0 Å². The molecule has 1 aliphatic heterocycles. The smallest absolute Gasteiger partial charge is 0.407 e. The topological polar surface area (TPSA) is 76.5 Å². The number of likely N-dealkylation sites (tertiary alicyclic amines) is 1. The fourth-order valence-corrected chi connectivity index (χ4v) is 3.21. The average Bonchev–Trinajstić information content (AvgIpc) is 2.97. The Kier molecular flexibility index (Phi) is 6.70. The van der Waals surface area contributed by atoms with E-state index in [0.29, 0.717) is 25.6 Å². The Bertz CT molecular complexity index is 603. The fourth-order valence-electron chi connectivity index (χ4n) is 2.80. The second-order valence-electron chi connectivity index (χ2n) is 7.47. The number of amides is 2.